The van der Waals surface area contributed by atoms with Crippen LogP contribution in [-0.2, 0) is 0 Å². The highest BCUT2D eigenvalue weighted by Crippen LogP contribution is 2.53. The van der Waals surface area contributed by atoms with Crippen molar-refractivity contribution in [1.29, 1.82) is 0 Å². The second-order valence-corrected chi connectivity index (χ2v) is 8.62. The number of hydrogen-bond acceptors (Lipinski definition) is 0. The molecule has 0 spiro atoms. The van der Waals surface area contributed by atoms with E-state index in [-0.39, 0.29) is 0 Å². The van der Waals surface area contributed by atoms with Crippen molar-refractivity contribution in [2.75, 3.05) is 0 Å². The maximum atomic E-state index is 2.39. The standard InChI is InChI=1S/C10H24Si/c1-8(2,3)9(4,5)10(6,7)11/h1-7,11H3. The minimum Gasteiger partial charge on any atom is -0.0627 e. The Bertz CT molecular complexity index is 116. The Balaban J connectivity index is 4.75. The van der Waals surface area contributed by atoms with Gasteiger partial charge in [0, 0.05) is 10.2 Å². The van der Waals surface area contributed by atoms with Gasteiger partial charge in [0.1, 0.15) is 0 Å². The first-order valence-corrected chi connectivity index (χ1v) is 5.50. The molecule has 0 saturated carbocycles. The highest BCUT2D eigenvalue weighted by Gasteiger charge is 2.42. The van der Waals surface area contributed by atoms with Crippen LogP contribution in [0.5, 0.6) is 0 Å². The Labute approximate surface area is 75.2 Å². The highest BCUT2D eigenvalue weighted by molar-refractivity contribution is 6.15. The van der Waals surface area contributed by atoms with Gasteiger partial charge in [0.2, 0.25) is 0 Å². The van der Waals surface area contributed by atoms with Crippen molar-refractivity contribution >= 4 is 10.2 Å². The molecule has 0 aromatic carbocycles. The molecule has 0 aromatic heterocycles. The van der Waals surface area contributed by atoms with Gasteiger partial charge in [-0.05, 0) is 15.9 Å². The second-order valence-electron chi connectivity index (χ2n) is 6.12. The molecule has 0 heterocycles. The average Bonchev–Trinajstić information content (AvgIpc) is 1.58. The minimum absolute atomic E-state index is 0.415. The molecule has 0 saturated heterocycles. The first kappa shape index (κ1) is 11.2. The van der Waals surface area contributed by atoms with Crippen LogP contribution in [0.15, 0.2) is 0 Å². The van der Waals surface area contributed by atoms with E-state index in [1.165, 1.54) is 10.2 Å². The Morgan fingerprint density at radius 2 is 1.00 bits per heavy atom. The van der Waals surface area contributed by atoms with Gasteiger partial charge in [-0.3, -0.25) is 0 Å². The molecule has 0 atom stereocenters. The summed E-state index contributed by atoms with van der Waals surface area (Å²) in [6, 6.07) is 0. The Kier molecular flexibility index (Phi) is 2.67. The number of rotatable bonds is 1. The summed E-state index contributed by atoms with van der Waals surface area (Å²) in [5.74, 6) is 0. The van der Waals surface area contributed by atoms with Crippen molar-refractivity contribution in [2.24, 2.45) is 10.8 Å². The number of hydrogen-bond donors (Lipinski definition) is 0. The third-order valence-corrected chi connectivity index (χ3v) is 5.00. The lowest BCUT2D eigenvalue weighted by Crippen LogP contribution is -2.38. The average molecular weight is 172 g/mol. The van der Waals surface area contributed by atoms with Crippen molar-refractivity contribution in [3.8, 4) is 0 Å². The third kappa shape index (κ3) is 2.08. The SMILES string of the molecule is CC(C)(C)C(C)(C)C(C)(C)[SiH3]. The molecule has 0 bridgehead atoms. The molecule has 0 amide bonds. The van der Waals surface area contributed by atoms with Crippen LogP contribution in [0, 0.1) is 10.8 Å². The van der Waals surface area contributed by atoms with E-state index in [9.17, 15) is 0 Å². The van der Waals surface area contributed by atoms with Gasteiger partial charge in [-0.1, -0.05) is 48.5 Å². The molecule has 0 radical (unpaired) electrons. The van der Waals surface area contributed by atoms with E-state index in [2.05, 4.69) is 48.5 Å². The molecule has 0 aliphatic rings. The molecule has 0 unspecified atom stereocenters. The zero-order chi connectivity index (χ0) is 9.50. The van der Waals surface area contributed by atoms with Crippen molar-refractivity contribution in [2.45, 2.75) is 53.5 Å². The summed E-state index contributed by atoms with van der Waals surface area (Å²) in [5.41, 5.74) is 0.852. The van der Waals surface area contributed by atoms with Gasteiger partial charge in [0.05, 0.1) is 0 Å². The highest BCUT2D eigenvalue weighted by atomic mass is 28.1. The molecule has 0 nitrogen and oxygen atoms in total. The molecule has 11 heavy (non-hydrogen) atoms. The molecule has 0 aromatic rings. The fourth-order valence-electron chi connectivity index (χ4n) is 1.12. The van der Waals surface area contributed by atoms with Gasteiger partial charge in [0.25, 0.3) is 0 Å². The summed E-state index contributed by atoms with van der Waals surface area (Å²) in [6.45, 7) is 16.6. The summed E-state index contributed by atoms with van der Waals surface area (Å²) < 4.78 is 0. The lowest BCUT2D eigenvalue weighted by molar-refractivity contribution is 0.0847. The molecular weight excluding hydrogens is 148 g/mol. The third-order valence-electron chi connectivity index (χ3n) is 3.75. The summed E-state index contributed by atoms with van der Waals surface area (Å²) in [7, 11) is 1.27. The predicted molar refractivity (Wildman–Crippen MR) is 57.2 cm³/mol. The summed E-state index contributed by atoms with van der Waals surface area (Å²) in [5, 5.41) is 0.519. The predicted octanol–water partition coefficient (Wildman–Crippen LogP) is 2.62. The quantitative estimate of drug-likeness (QED) is 0.533. The van der Waals surface area contributed by atoms with Crippen molar-refractivity contribution < 1.29 is 0 Å². The zero-order valence-corrected chi connectivity index (χ0v) is 11.5. The van der Waals surface area contributed by atoms with Crippen molar-refractivity contribution in [3.05, 3.63) is 0 Å². The van der Waals surface area contributed by atoms with E-state index in [1.54, 1.807) is 0 Å². The van der Waals surface area contributed by atoms with Crippen LogP contribution in [0.1, 0.15) is 48.5 Å². The molecular formula is C10H24Si. The van der Waals surface area contributed by atoms with Gasteiger partial charge in [-0.2, -0.15) is 0 Å². The first-order chi connectivity index (χ1) is 4.50. The van der Waals surface area contributed by atoms with Gasteiger partial charge < -0.3 is 0 Å². The van der Waals surface area contributed by atoms with Gasteiger partial charge in [0.15, 0.2) is 0 Å². The lowest BCUT2D eigenvalue weighted by Gasteiger charge is -2.49. The van der Waals surface area contributed by atoms with Crippen LogP contribution in [0.3, 0.4) is 0 Å². The zero-order valence-electron chi connectivity index (χ0n) is 9.50. The summed E-state index contributed by atoms with van der Waals surface area (Å²) in [4.78, 5) is 0. The fourth-order valence-corrected chi connectivity index (χ4v) is 1.88. The Hall–Kier alpha value is 0.217. The maximum absolute atomic E-state index is 2.39. The minimum atomic E-state index is 0.415. The molecule has 1 heteroatoms. The van der Waals surface area contributed by atoms with Crippen molar-refractivity contribution in [1.82, 2.24) is 0 Å². The Morgan fingerprint density at radius 3 is 1.00 bits per heavy atom. The van der Waals surface area contributed by atoms with Crippen LogP contribution in [0.2, 0.25) is 5.04 Å². The van der Waals surface area contributed by atoms with E-state index in [1.807, 2.05) is 0 Å². The summed E-state index contributed by atoms with van der Waals surface area (Å²) >= 11 is 0. The molecule has 0 aliphatic carbocycles. The largest absolute Gasteiger partial charge is 0.0627 e. The van der Waals surface area contributed by atoms with Gasteiger partial charge >= 0.3 is 0 Å². The second kappa shape index (κ2) is 2.62. The van der Waals surface area contributed by atoms with Crippen LogP contribution >= 0.6 is 0 Å². The van der Waals surface area contributed by atoms with Crippen LogP contribution in [0.4, 0.5) is 0 Å². The van der Waals surface area contributed by atoms with Crippen LogP contribution < -0.4 is 0 Å². The molecule has 0 fully saturated rings. The van der Waals surface area contributed by atoms with E-state index >= 15 is 0 Å². The lowest BCUT2D eigenvalue weighted by atomic mass is 9.62. The molecule has 0 aliphatic heterocycles. The van der Waals surface area contributed by atoms with Crippen LogP contribution in [-0.4, -0.2) is 10.2 Å². The smallest absolute Gasteiger partial charge is 0.0106 e. The van der Waals surface area contributed by atoms with Crippen molar-refractivity contribution in [3.63, 3.8) is 0 Å². The maximum Gasteiger partial charge on any atom is 0.0106 e. The van der Waals surface area contributed by atoms with E-state index in [4.69, 9.17) is 0 Å². The molecule has 0 N–H and O–H groups in total. The Morgan fingerprint density at radius 1 is 0.727 bits per heavy atom. The fraction of sp³-hybridized carbons (Fsp3) is 1.00. The molecule has 0 rings (SSSR count). The topological polar surface area (TPSA) is 0 Å². The summed E-state index contributed by atoms with van der Waals surface area (Å²) in [6.07, 6.45) is 0. The first-order valence-electron chi connectivity index (χ1n) is 4.50. The normalized spacial score (nSPS) is 15.5. The monoisotopic (exact) mass is 172 g/mol. The van der Waals surface area contributed by atoms with Crippen LogP contribution in [0.25, 0.3) is 0 Å². The van der Waals surface area contributed by atoms with E-state index in [0.29, 0.717) is 15.9 Å². The van der Waals surface area contributed by atoms with E-state index in [0.717, 1.165) is 0 Å². The van der Waals surface area contributed by atoms with Gasteiger partial charge in [-0.25, -0.2) is 0 Å². The molecule has 68 valence electrons. The van der Waals surface area contributed by atoms with Gasteiger partial charge in [-0.15, -0.1) is 0 Å². The van der Waals surface area contributed by atoms with E-state index < -0.39 is 0 Å².